The number of pyridine rings is 1. The zero-order valence-electron chi connectivity index (χ0n) is 16.9. The molecular formula is C24H20N4O3S. The van der Waals surface area contributed by atoms with Crippen LogP contribution in [0.3, 0.4) is 0 Å². The maximum absolute atomic E-state index is 13.1. The van der Waals surface area contributed by atoms with Crippen molar-refractivity contribution in [3.8, 4) is 11.1 Å². The highest BCUT2D eigenvalue weighted by molar-refractivity contribution is 7.90. The zero-order valence-corrected chi connectivity index (χ0v) is 17.7. The molecule has 0 saturated heterocycles. The first-order chi connectivity index (χ1) is 15.4. The highest BCUT2D eigenvalue weighted by Crippen LogP contribution is 2.23. The van der Waals surface area contributed by atoms with Gasteiger partial charge in [0.05, 0.1) is 22.0 Å². The second-order valence-electron chi connectivity index (χ2n) is 6.90. The van der Waals surface area contributed by atoms with Crippen molar-refractivity contribution in [2.24, 2.45) is 0 Å². The maximum atomic E-state index is 13.1. The van der Waals surface area contributed by atoms with Crippen LogP contribution < -0.4 is 11.1 Å². The number of nitrogen functional groups attached to an aromatic ring is 1. The number of rotatable bonds is 6. The number of anilines is 2. The molecule has 1 amide bonds. The molecule has 2 aromatic carbocycles. The van der Waals surface area contributed by atoms with Crippen molar-refractivity contribution in [3.05, 3.63) is 103 Å². The number of amides is 1. The van der Waals surface area contributed by atoms with Crippen LogP contribution in [0.25, 0.3) is 17.2 Å². The van der Waals surface area contributed by atoms with Crippen molar-refractivity contribution < 1.29 is 13.2 Å². The van der Waals surface area contributed by atoms with Gasteiger partial charge in [-0.1, -0.05) is 24.3 Å². The molecule has 0 saturated carbocycles. The zero-order chi connectivity index (χ0) is 22.6. The number of carbonyl (C=O) groups is 1. The number of hydrogen-bond acceptors (Lipinski definition) is 5. The summed E-state index contributed by atoms with van der Waals surface area (Å²) in [5, 5.41) is 2.67. The molecule has 32 heavy (non-hydrogen) atoms. The van der Waals surface area contributed by atoms with Crippen molar-refractivity contribution >= 4 is 33.4 Å². The lowest BCUT2D eigenvalue weighted by Crippen LogP contribution is -2.14. The number of para-hydroxylation sites is 2. The molecule has 2 heterocycles. The topological polar surface area (TPSA) is 107 Å². The summed E-state index contributed by atoms with van der Waals surface area (Å²) in [6.45, 7) is 0. The number of nitrogens with zero attached hydrogens (tertiary/aromatic N) is 2. The summed E-state index contributed by atoms with van der Waals surface area (Å²) < 4.78 is 27.4. The Labute approximate surface area is 185 Å². The van der Waals surface area contributed by atoms with E-state index in [4.69, 9.17) is 5.73 Å². The SMILES string of the molecule is Nc1ccccc1NC(=O)/C=C/c1cccn1S(=O)(=O)c1ccc(-c2ccncc2)cc1. The fourth-order valence-corrected chi connectivity index (χ4v) is 4.49. The molecule has 0 aliphatic rings. The summed E-state index contributed by atoms with van der Waals surface area (Å²) >= 11 is 0. The Bertz CT molecular complexity index is 1380. The number of aromatic nitrogens is 2. The van der Waals surface area contributed by atoms with Crippen LogP contribution in [0.5, 0.6) is 0 Å². The number of nitrogens with one attached hydrogen (secondary N) is 1. The van der Waals surface area contributed by atoms with Crippen molar-refractivity contribution in [3.63, 3.8) is 0 Å². The summed E-state index contributed by atoms with van der Waals surface area (Å²) in [6, 6.07) is 20.4. The summed E-state index contributed by atoms with van der Waals surface area (Å²) in [5.41, 5.74) is 8.93. The molecule has 0 fully saturated rings. The molecule has 0 aliphatic carbocycles. The van der Waals surface area contributed by atoms with Gasteiger partial charge in [-0.3, -0.25) is 9.78 Å². The Morgan fingerprint density at radius 3 is 2.31 bits per heavy atom. The number of hydrogen-bond donors (Lipinski definition) is 2. The Kier molecular flexibility index (Phi) is 5.87. The monoisotopic (exact) mass is 444 g/mol. The van der Waals surface area contributed by atoms with Crippen LogP contribution >= 0.6 is 0 Å². The van der Waals surface area contributed by atoms with E-state index in [1.165, 1.54) is 18.3 Å². The molecule has 3 N–H and O–H groups in total. The molecule has 4 aromatic rings. The van der Waals surface area contributed by atoms with Gasteiger partial charge in [0.1, 0.15) is 0 Å². The van der Waals surface area contributed by atoms with Crippen molar-refractivity contribution in [1.82, 2.24) is 8.96 Å². The van der Waals surface area contributed by atoms with Crippen molar-refractivity contribution in [2.75, 3.05) is 11.1 Å². The second kappa shape index (κ2) is 8.91. The smallest absolute Gasteiger partial charge is 0.268 e. The van der Waals surface area contributed by atoms with Crippen LogP contribution in [0.4, 0.5) is 11.4 Å². The summed E-state index contributed by atoms with van der Waals surface area (Å²) in [5.74, 6) is -0.422. The quantitative estimate of drug-likeness (QED) is 0.345. The molecule has 0 radical (unpaired) electrons. The Morgan fingerprint density at radius 2 is 1.59 bits per heavy atom. The Morgan fingerprint density at radius 1 is 0.906 bits per heavy atom. The van der Waals surface area contributed by atoms with Crippen LogP contribution in [0, 0.1) is 0 Å². The largest absolute Gasteiger partial charge is 0.397 e. The first kappa shape index (κ1) is 21.1. The van der Waals surface area contributed by atoms with E-state index >= 15 is 0 Å². The molecule has 0 atom stereocenters. The third-order valence-electron chi connectivity index (χ3n) is 4.79. The molecule has 4 rings (SSSR count). The summed E-state index contributed by atoms with van der Waals surface area (Å²) in [7, 11) is -3.84. The van der Waals surface area contributed by atoms with Gasteiger partial charge >= 0.3 is 0 Å². The molecule has 0 bridgehead atoms. The number of carbonyl (C=O) groups excluding carboxylic acids is 1. The van der Waals surface area contributed by atoms with E-state index in [2.05, 4.69) is 10.3 Å². The highest BCUT2D eigenvalue weighted by atomic mass is 32.2. The average molecular weight is 445 g/mol. The van der Waals surface area contributed by atoms with Gasteiger partial charge in [-0.05, 0) is 65.7 Å². The van der Waals surface area contributed by atoms with E-state index < -0.39 is 15.9 Å². The van der Waals surface area contributed by atoms with Crippen LogP contribution in [0.15, 0.2) is 102 Å². The molecule has 160 valence electrons. The maximum Gasteiger partial charge on any atom is 0.268 e. The van der Waals surface area contributed by atoms with Gasteiger partial charge in [0.25, 0.3) is 10.0 Å². The van der Waals surface area contributed by atoms with Crippen LogP contribution in [-0.2, 0) is 14.8 Å². The van der Waals surface area contributed by atoms with Gasteiger partial charge < -0.3 is 11.1 Å². The fourth-order valence-electron chi connectivity index (χ4n) is 3.15. The Balaban J connectivity index is 1.55. The minimum atomic E-state index is -3.84. The lowest BCUT2D eigenvalue weighted by molar-refractivity contribution is -0.111. The first-order valence-corrected chi connectivity index (χ1v) is 11.2. The van der Waals surface area contributed by atoms with Gasteiger partial charge in [0.15, 0.2) is 0 Å². The van der Waals surface area contributed by atoms with Crippen molar-refractivity contribution in [2.45, 2.75) is 4.90 Å². The third kappa shape index (κ3) is 4.45. The van der Waals surface area contributed by atoms with E-state index in [-0.39, 0.29) is 4.90 Å². The molecule has 2 aromatic heterocycles. The fraction of sp³-hybridized carbons (Fsp3) is 0. The van der Waals surface area contributed by atoms with E-state index in [0.29, 0.717) is 17.1 Å². The highest BCUT2D eigenvalue weighted by Gasteiger charge is 2.18. The number of nitrogens with two attached hydrogens (primary N) is 1. The lowest BCUT2D eigenvalue weighted by atomic mass is 10.1. The molecular weight excluding hydrogens is 424 g/mol. The number of benzene rings is 2. The van der Waals surface area contributed by atoms with E-state index in [1.54, 1.807) is 73.1 Å². The molecule has 8 heteroatoms. The minimum absolute atomic E-state index is 0.141. The summed E-state index contributed by atoms with van der Waals surface area (Å²) in [6.07, 6.45) is 7.51. The van der Waals surface area contributed by atoms with E-state index in [1.807, 2.05) is 12.1 Å². The van der Waals surface area contributed by atoms with Gasteiger partial charge in [-0.15, -0.1) is 0 Å². The van der Waals surface area contributed by atoms with Gasteiger partial charge in [0, 0.05) is 24.7 Å². The van der Waals surface area contributed by atoms with Crippen LogP contribution in [-0.4, -0.2) is 23.3 Å². The lowest BCUT2D eigenvalue weighted by Gasteiger charge is -2.10. The average Bonchev–Trinajstić information content (AvgIpc) is 3.30. The minimum Gasteiger partial charge on any atom is -0.397 e. The second-order valence-corrected chi connectivity index (χ2v) is 8.72. The first-order valence-electron chi connectivity index (χ1n) is 9.72. The van der Waals surface area contributed by atoms with Gasteiger partial charge in [-0.2, -0.15) is 0 Å². The molecule has 0 spiro atoms. The van der Waals surface area contributed by atoms with Crippen LogP contribution in [0.2, 0.25) is 0 Å². The summed E-state index contributed by atoms with van der Waals surface area (Å²) in [4.78, 5) is 16.4. The Hall–Kier alpha value is -4.17. The van der Waals surface area contributed by atoms with E-state index in [9.17, 15) is 13.2 Å². The normalized spacial score (nSPS) is 11.5. The molecule has 0 unspecified atom stereocenters. The molecule has 7 nitrogen and oxygen atoms in total. The van der Waals surface area contributed by atoms with E-state index in [0.717, 1.165) is 15.1 Å². The van der Waals surface area contributed by atoms with Gasteiger partial charge in [0.2, 0.25) is 5.91 Å². The predicted octanol–water partition coefficient (Wildman–Crippen LogP) is 4.02. The predicted molar refractivity (Wildman–Crippen MR) is 125 cm³/mol. The molecule has 0 aliphatic heterocycles. The van der Waals surface area contributed by atoms with Gasteiger partial charge in [-0.25, -0.2) is 12.4 Å². The van der Waals surface area contributed by atoms with Crippen LogP contribution in [0.1, 0.15) is 5.69 Å². The van der Waals surface area contributed by atoms with Crippen molar-refractivity contribution in [1.29, 1.82) is 0 Å². The standard InChI is InChI=1S/C24H20N4O3S/c25-22-5-1-2-6-23(22)27-24(29)12-9-20-4-3-17-28(20)32(30,31)21-10-7-18(8-11-21)19-13-15-26-16-14-19/h1-17H,25H2,(H,27,29)/b12-9+. The third-order valence-corrected chi connectivity index (χ3v) is 6.51.